The molecular weight excluding hydrogens is 204 g/mol. The van der Waals surface area contributed by atoms with E-state index in [9.17, 15) is 0 Å². The van der Waals surface area contributed by atoms with Gasteiger partial charge < -0.3 is 10.1 Å². The van der Waals surface area contributed by atoms with Crippen molar-refractivity contribution < 1.29 is 4.74 Å². The Morgan fingerprint density at radius 1 is 1.50 bits per heavy atom. The highest BCUT2D eigenvalue weighted by atomic mass is 16.5. The standard InChI is InChI=1S/C11H22N4O/c1-11(2,9-12-5-6-16-4)7-10-8-15(3)14-13-10/h8,12H,5-7,9H2,1-4H3. The first-order valence-electron chi connectivity index (χ1n) is 5.58. The largest absolute Gasteiger partial charge is 0.383 e. The number of aromatic nitrogens is 3. The first-order valence-corrected chi connectivity index (χ1v) is 5.58. The van der Waals surface area contributed by atoms with Crippen LogP contribution in [0.5, 0.6) is 0 Å². The summed E-state index contributed by atoms with van der Waals surface area (Å²) in [5, 5.41) is 11.4. The second-order valence-electron chi connectivity index (χ2n) is 4.89. The van der Waals surface area contributed by atoms with Crippen molar-refractivity contribution in [1.29, 1.82) is 0 Å². The molecule has 0 unspecified atom stereocenters. The van der Waals surface area contributed by atoms with Crippen LogP contribution in [0.15, 0.2) is 6.20 Å². The fraction of sp³-hybridized carbons (Fsp3) is 0.818. The van der Waals surface area contributed by atoms with Gasteiger partial charge in [-0.15, -0.1) is 5.10 Å². The maximum Gasteiger partial charge on any atom is 0.0832 e. The molecule has 0 fully saturated rings. The lowest BCUT2D eigenvalue weighted by atomic mass is 9.88. The summed E-state index contributed by atoms with van der Waals surface area (Å²) in [4.78, 5) is 0. The van der Waals surface area contributed by atoms with E-state index < -0.39 is 0 Å². The average molecular weight is 226 g/mol. The van der Waals surface area contributed by atoms with Gasteiger partial charge in [-0.05, 0) is 11.8 Å². The summed E-state index contributed by atoms with van der Waals surface area (Å²) in [7, 11) is 3.60. The van der Waals surface area contributed by atoms with Gasteiger partial charge in [-0.1, -0.05) is 19.1 Å². The van der Waals surface area contributed by atoms with E-state index >= 15 is 0 Å². The van der Waals surface area contributed by atoms with Crippen molar-refractivity contribution in [2.45, 2.75) is 20.3 Å². The molecule has 5 nitrogen and oxygen atoms in total. The molecule has 0 spiro atoms. The van der Waals surface area contributed by atoms with Crippen LogP contribution in [0.25, 0.3) is 0 Å². The molecule has 0 atom stereocenters. The molecular formula is C11H22N4O. The van der Waals surface area contributed by atoms with Gasteiger partial charge in [0.2, 0.25) is 0 Å². The second-order valence-corrected chi connectivity index (χ2v) is 4.89. The van der Waals surface area contributed by atoms with E-state index in [4.69, 9.17) is 4.74 Å². The van der Waals surface area contributed by atoms with E-state index in [1.807, 2.05) is 13.2 Å². The maximum atomic E-state index is 4.99. The summed E-state index contributed by atoms with van der Waals surface area (Å²) < 4.78 is 6.73. The monoisotopic (exact) mass is 226 g/mol. The smallest absolute Gasteiger partial charge is 0.0832 e. The first-order chi connectivity index (χ1) is 7.53. The van der Waals surface area contributed by atoms with E-state index in [2.05, 4.69) is 29.5 Å². The molecule has 1 rings (SSSR count). The van der Waals surface area contributed by atoms with Gasteiger partial charge in [0.05, 0.1) is 12.3 Å². The summed E-state index contributed by atoms with van der Waals surface area (Å²) in [5.74, 6) is 0. The highest BCUT2D eigenvalue weighted by molar-refractivity contribution is 4.97. The predicted molar refractivity (Wildman–Crippen MR) is 63.2 cm³/mol. The number of hydrogen-bond donors (Lipinski definition) is 1. The molecule has 0 aliphatic heterocycles. The van der Waals surface area contributed by atoms with Gasteiger partial charge in [-0.25, -0.2) is 0 Å². The molecule has 1 heterocycles. The molecule has 0 saturated carbocycles. The van der Waals surface area contributed by atoms with E-state index in [0.29, 0.717) is 0 Å². The Morgan fingerprint density at radius 2 is 2.25 bits per heavy atom. The number of aryl methyl sites for hydroxylation is 1. The Labute approximate surface area is 97.2 Å². The molecule has 0 aromatic carbocycles. The fourth-order valence-electron chi connectivity index (χ4n) is 1.63. The summed E-state index contributed by atoms with van der Waals surface area (Å²) in [6, 6.07) is 0. The zero-order valence-electron chi connectivity index (χ0n) is 10.7. The minimum absolute atomic E-state index is 0.184. The number of rotatable bonds is 7. The van der Waals surface area contributed by atoms with E-state index in [0.717, 1.165) is 31.8 Å². The third-order valence-corrected chi connectivity index (χ3v) is 2.40. The lowest BCUT2D eigenvalue weighted by Gasteiger charge is -2.23. The molecule has 0 amide bonds. The number of hydrogen-bond acceptors (Lipinski definition) is 4. The lowest BCUT2D eigenvalue weighted by molar-refractivity contribution is 0.194. The Kier molecular flexibility index (Phi) is 4.89. The minimum Gasteiger partial charge on any atom is -0.383 e. The maximum absolute atomic E-state index is 4.99. The highest BCUT2D eigenvalue weighted by Gasteiger charge is 2.19. The first kappa shape index (κ1) is 13.1. The fourth-order valence-corrected chi connectivity index (χ4v) is 1.63. The van der Waals surface area contributed by atoms with E-state index in [1.165, 1.54) is 0 Å². The molecule has 16 heavy (non-hydrogen) atoms. The summed E-state index contributed by atoms with van der Waals surface area (Å²) in [5.41, 5.74) is 1.23. The van der Waals surface area contributed by atoms with Crippen molar-refractivity contribution in [3.05, 3.63) is 11.9 Å². The SMILES string of the molecule is COCCNCC(C)(C)Cc1cn(C)nn1. The van der Waals surface area contributed by atoms with Gasteiger partial charge in [-0.2, -0.15) is 0 Å². The molecule has 0 bridgehead atoms. The van der Waals surface area contributed by atoms with Crippen LogP contribution in [0, 0.1) is 5.41 Å². The van der Waals surface area contributed by atoms with Crippen LogP contribution in [-0.4, -0.2) is 41.8 Å². The lowest BCUT2D eigenvalue weighted by Crippen LogP contribution is -2.33. The molecule has 0 aliphatic rings. The Balaban J connectivity index is 2.33. The normalized spacial score (nSPS) is 12.0. The van der Waals surface area contributed by atoms with Gasteiger partial charge in [-0.3, -0.25) is 4.68 Å². The zero-order chi connectivity index (χ0) is 12.0. The number of methoxy groups -OCH3 is 1. The van der Waals surface area contributed by atoms with Gasteiger partial charge in [0.25, 0.3) is 0 Å². The van der Waals surface area contributed by atoms with Crippen LogP contribution in [0.1, 0.15) is 19.5 Å². The van der Waals surface area contributed by atoms with Crippen molar-refractivity contribution in [3.63, 3.8) is 0 Å². The molecule has 92 valence electrons. The number of nitrogens with zero attached hydrogens (tertiary/aromatic N) is 3. The molecule has 5 heteroatoms. The zero-order valence-corrected chi connectivity index (χ0v) is 10.7. The molecule has 1 N–H and O–H groups in total. The van der Waals surface area contributed by atoms with Crippen LogP contribution >= 0.6 is 0 Å². The van der Waals surface area contributed by atoms with Gasteiger partial charge in [0.15, 0.2) is 0 Å². The van der Waals surface area contributed by atoms with Crippen molar-refractivity contribution in [2.75, 3.05) is 26.8 Å². The third-order valence-electron chi connectivity index (χ3n) is 2.40. The molecule has 1 aromatic rings. The van der Waals surface area contributed by atoms with Crippen molar-refractivity contribution in [2.24, 2.45) is 12.5 Å². The predicted octanol–water partition coefficient (Wildman–Crippen LogP) is 0.620. The minimum atomic E-state index is 0.184. The van der Waals surface area contributed by atoms with Crippen molar-refractivity contribution >= 4 is 0 Å². The number of nitrogens with one attached hydrogen (secondary N) is 1. The molecule has 0 saturated heterocycles. The van der Waals surface area contributed by atoms with Crippen molar-refractivity contribution in [1.82, 2.24) is 20.3 Å². The van der Waals surface area contributed by atoms with Crippen LogP contribution in [0.2, 0.25) is 0 Å². The summed E-state index contributed by atoms with van der Waals surface area (Å²) in [6.45, 7) is 7.04. The van der Waals surface area contributed by atoms with Gasteiger partial charge in [0, 0.05) is 33.4 Å². The quantitative estimate of drug-likeness (QED) is 0.693. The third kappa shape index (κ3) is 4.72. The van der Waals surface area contributed by atoms with Crippen LogP contribution < -0.4 is 5.32 Å². The van der Waals surface area contributed by atoms with Crippen LogP contribution in [0.3, 0.4) is 0 Å². The van der Waals surface area contributed by atoms with Gasteiger partial charge in [0.1, 0.15) is 0 Å². The summed E-state index contributed by atoms with van der Waals surface area (Å²) in [6.07, 6.45) is 2.90. The van der Waals surface area contributed by atoms with Crippen molar-refractivity contribution in [3.8, 4) is 0 Å². The molecule has 1 aromatic heterocycles. The topological polar surface area (TPSA) is 52.0 Å². The van der Waals surface area contributed by atoms with Crippen LogP contribution in [0.4, 0.5) is 0 Å². The Bertz CT molecular complexity index is 309. The second kappa shape index (κ2) is 5.96. The van der Waals surface area contributed by atoms with E-state index in [-0.39, 0.29) is 5.41 Å². The van der Waals surface area contributed by atoms with E-state index in [1.54, 1.807) is 11.8 Å². The number of ether oxygens (including phenoxy) is 1. The molecule has 0 aliphatic carbocycles. The molecule has 0 radical (unpaired) electrons. The Hall–Kier alpha value is -0.940. The van der Waals surface area contributed by atoms with Gasteiger partial charge >= 0.3 is 0 Å². The Morgan fingerprint density at radius 3 is 2.81 bits per heavy atom. The highest BCUT2D eigenvalue weighted by Crippen LogP contribution is 2.19. The average Bonchev–Trinajstić information content (AvgIpc) is 2.58. The summed E-state index contributed by atoms with van der Waals surface area (Å²) >= 11 is 0. The van der Waals surface area contributed by atoms with Crippen LogP contribution in [-0.2, 0) is 18.2 Å².